The number of carbonyl (C=O) groups is 1. The highest BCUT2D eigenvalue weighted by atomic mass is 16.2. The van der Waals surface area contributed by atoms with Crippen molar-refractivity contribution in [3.63, 3.8) is 0 Å². The van der Waals surface area contributed by atoms with Gasteiger partial charge in [-0.1, -0.05) is 97.1 Å². The number of nitrogens with one attached hydrogen (secondary N) is 1. The molecule has 1 fully saturated rings. The van der Waals surface area contributed by atoms with E-state index < -0.39 is 0 Å². The van der Waals surface area contributed by atoms with Crippen LogP contribution in [0.15, 0.2) is 115 Å². The van der Waals surface area contributed by atoms with Crippen molar-refractivity contribution in [3.8, 4) is 0 Å². The number of nitrogens with zero attached hydrogens (tertiary/aromatic N) is 3. The van der Waals surface area contributed by atoms with Crippen molar-refractivity contribution < 1.29 is 4.79 Å². The first-order valence-electron chi connectivity index (χ1n) is 12.1. The summed E-state index contributed by atoms with van der Waals surface area (Å²) in [4.78, 5) is 22.4. The average molecular weight is 463 g/mol. The van der Waals surface area contributed by atoms with Gasteiger partial charge in [0, 0.05) is 32.4 Å². The number of urea groups is 1. The van der Waals surface area contributed by atoms with E-state index in [0.29, 0.717) is 13.1 Å². The molecule has 0 radical (unpaired) electrons. The zero-order valence-corrected chi connectivity index (χ0v) is 19.7. The quantitative estimate of drug-likeness (QED) is 0.424. The van der Waals surface area contributed by atoms with Crippen molar-refractivity contribution in [3.05, 3.63) is 138 Å². The maximum Gasteiger partial charge on any atom is 0.318 e. The van der Waals surface area contributed by atoms with Crippen LogP contribution in [0.25, 0.3) is 0 Å². The SMILES string of the molecule is O=C(NC(c1ccccc1)c1ccccc1)N1CCN(C(c2ccccc2)c2ccccn2)CC1. The second kappa shape index (κ2) is 11.0. The van der Waals surface area contributed by atoms with Gasteiger partial charge in [-0.3, -0.25) is 9.88 Å². The average Bonchev–Trinajstić information content (AvgIpc) is 2.94. The maximum absolute atomic E-state index is 13.4. The van der Waals surface area contributed by atoms with Crippen LogP contribution in [0.3, 0.4) is 0 Å². The van der Waals surface area contributed by atoms with E-state index >= 15 is 0 Å². The minimum Gasteiger partial charge on any atom is -0.327 e. The van der Waals surface area contributed by atoms with Crippen molar-refractivity contribution in [1.82, 2.24) is 20.1 Å². The van der Waals surface area contributed by atoms with Crippen molar-refractivity contribution in [2.75, 3.05) is 26.2 Å². The number of pyridine rings is 1. The molecule has 0 saturated carbocycles. The normalized spacial score (nSPS) is 15.1. The Hall–Kier alpha value is -3.96. The molecule has 2 heterocycles. The lowest BCUT2D eigenvalue weighted by Crippen LogP contribution is -2.53. The Morgan fingerprint density at radius 1 is 0.657 bits per heavy atom. The Kier molecular flexibility index (Phi) is 7.16. The van der Waals surface area contributed by atoms with Gasteiger partial charge in [0.05, 0.1) is 17.8 Å². The van der Waals surface area contributed by atoms with E-state index in [0.717, 1.165) is 29.9 Å². The second-order valence-corrected chi connectivity index (χ2v) is 8.79. The van der Waals surface area contributed by atoms with Gasteiger partial charge in [0.2, 0.25) is 0 Å². The fourth-order valence-corrected chi connectivity index (χ4v) is 4.79. The molecule has 0 aliphatic carbocycles. The molecule has 0 spiro atoms. The van der Waals surface area contributed by atoms with Gasteiger partial charge in [-0.2, -0.15) is 0 Å². The maximum atomic E-state index is 13.4. The van der Waals surface area contributed by atoms with E-state index in [9.17, 15) is 4.79 Å². The molecule has 1 atom stereocenters. The lowest BCUT2D eigenvalue weighted by atomic mass is 9.99. The smallest absolute Gasteiger partial charge is 0.318 e. The van der Waals surface area contributed by atoms with Gasteiger partial charge in [0.1, 0.15) is 0 Å². The van der Waals surface area contributed by atoms with Gasteiger partial charge in [0.25, 0.3) is 0 Å². The third-order valence-corrected chi connectivity index (χ3v) is 6.58. The van der Waals surface area contributed by atoms with Gasteiger partial charge in [-0.05, 0) is 28.8 Å². The summed E-state index contributed by atoms with van der Waals surface area (Å²) in [5, 5.41) is 3.28. The minimum absolute atomic E-state index is 0.0311. The lowest BCUT2D eigenvalue weighted by molar-refractivity contribution is 0.118. The van der Waals surface area contributed by atoms with E-state index in [4.69, 9.17) is 0 Å². The molecule has 3 aromatic carbocycles. The largest absolute Gasteiger partial charge is 0.327 e. The Labute approximate surface area is 207 Å². The first kappa shape index (κ1) is 22.8. The first-order chi connectivity index (χ1) is 17.3. The van der Waals surface area contributed by atoms with E-state index in [1.807, 2.05) is 65.7 Å². The molecule has 35 heavy (non-hydrogen) atoms. The summed E-state index contributed by atoms with van der Waals surface area (Å²) in [6, 6.07) is 36.7. The van der Waals surface area contributed by atoms with Crippen LogP contribution in [0.2, 0.25) is 0 Å². The van der Waals surface area contributed by atoms with Crippen LogP contribution in [0.5, 0.6) is 0 Å². The summed E-state index contributed by atoms with van der Waals surface area (Å²) in [7, 11) is 0. The third kappa shape index (κ3) is 5.42. The number of rotatable bonds is 6. The number of hydrogen-bond donors (Lipinski definition) is 1. The number of carbonyl (C=O) groups excluding carboxylic acids is 1. The number of benzene rings is 3. The van der Waals surface area contributed by atoms with Crippen molar-refractivity contribution in [1.29, 1.82) is 0 Å². The van der Waals surface area contributed by atoms with Crippen LogP contribution in [0.4, 0.5) is 4.79 Å². The molecule has 5 rings (SSSR count). The van der Waals surface area contributed by atoms with Gasteiger partial charge in [-0.25, -0.2) is 4.79 Å². The van der Waals surface area contributed by atoms with E-state index in [1.54, 1.807) is 0 Å². The highest BCUT2D eigenvalue weighted by molar-refractivity contribution is 5.75. The molecule has 4 aromatic rings. The molecular formula is C30H30N4O. The Bertz CT molecular complexity index is 1120. The van der Waals surface area contributed by atoms with Crippen LogP contribution in [-0.2, 0) is 0 Å². The molecular weight excluding hydrogens is 432 g/mol. The third-order valence-electron chi connectivity index (χ3n) is 6.58. The number of piperazine rings is 1. The Morgan fingerprint density at radius 2 is 1.17 bits per heavy atom. The molecule has 5 nitrogen and oxygen atoms in total. The minimum atomic E-state index is -0.187. The molecule has 1 aromatic heterocycles. The van der Waals surface area contributed by atoms with E-state index in [-0.39, 0.29) is 18.1 Å². The van der Waals surface area contributed by atoms with Gasteiger partial charge in [0.15, 0.2) is 0 Å². The highest BCUT2D eigenvalue weighted by Gasteiger charge is 2.30. The summed E-state index contributed by atoms with van der Waals surface area (Å²) in [5.41, 5.74) is 4.40. The van der Waals surface area contributed by atoms with Crippen molar-refractivity contribution in [2.24, 2.45) is 0 Å². The summed E-state index contributed by atoms with van der Waals surface area (Å²) in [5.74, 6) is 0. The first-order valence-corrected chi connectivity index (χ1v) is 12.1. The van der Waals surface area contributed by atoms with Crippen LogP contribution in [0, 0.1) is 0 Å². The monoisotopic (exact) mass is 462 g/mol. The molecule has 2 amide bonds. The molecule has 1 unspecified atom stereocenters. The van der Waals surface area contributed by atoms with Crippen LogP contribution in [-0.4, -0.2) is 47.0 Å². The predicted molar refractivity (Wildman–Crippen MR) is 139 cm³/mol. The summed E-state index contributed by atoms with van der Waals surface area (Å²) in [6.45, 7) is 2.90. The highest BCUT2D eigenvalue weighted by Crippen LogP contribution is 2.28. The summed E-state index contributed by atoms with van der Waals surface area (Å²) < 4.78 is 0. The van der Waals surface area contributed by atoms with Crippen LogP contribution < -0.4 is 5.32 Å². The van der Waals surface area contributed by atoms with Crippen LogP contribution >= 0.6 is 0 Å². The molecule has 176 valence electrons. The number of aromatic nitrogens is 1. The van der Waals surface area contributed by atoms with E-state index in [2.05, 4.69) is 69.8 Å². The Balaban J connectivity index is 1.30. The summed E-state index contributed by atoms with van der Waals surface area (Å²) in [6.07, 6.45) is 1.85. The van der Waals surface area contributed by atoms with Crippen molar-refractivity contribution >= 4 is 6.03 Å². The lowest BCUT2D eigenvalue weighted by Gasteiger charge is -2.39. The molecule has 1 N–H and O–H groups in total. The fourth-order valence-electron chi connectivity index (χ4n) is 4.79. The molecule has 0 bridgehead atoms. The van der Waals surface area contributed by atoms with Gasteiger partial charge < -0.3 is 10.2 Å². The second-order valence-electron chi connectivity index (χ2n) is 8.79. The van der Waals surface area contributed by atoms with E-state index in [1.165, 1.54) is 5.56 Å². The predicted octanol–water partition coefficient (Wildman–Crippen LogP) is 5.29. The number of amides is 2. The zero-order valence-electron chi connectivity index (χ0n) is 19.7. The molecule has 1 aliphatic rings. The zero-order chi connectivity index (χ0) is 23.9. The molecule has 5 heteroatoms. The molecule has 1 saturated heterocycles. The molecule has 1 aliphatic heterocycles. The van der Waals surface area contributed by atoms with Crippen molar-refractivity contribution in [2.45, 2.75) is 12.1 Å². The topological polar surface area (TPSA) is 48.5 Å². The standard InChI is InChI=1S/C30H30N4O/c35-30(32-28(24-12-4-1-5-13-24)25-14-6-2-7-15-25)34-22-20-33(21-23-34)29(26-16-8-3-9-17-26)27-18-10-11-19-31-27/h1-19,28-29H,20-23H2,(H,32,35). The van der Waals surface area contributed by atoms with Gasteiger partial charge in [-0.15, -0.1) is 0 Å². The number of hydrogen-bond acceptors (Lipinski definition) is 3. The van der Waals surface area contributed by atoms with Crippen LogP contribution in [0.1, 0.15) is 34.5 Å². The van der Waals surface area contributed by atoms with Gasteiger partial charge >= 0.3 is 6.03 Å². The summed E-state index contributed by atoms with van der Waals surface area (Å²) >= 11 is 0. The Morgan fingerprint density at radius 3 is 1.69 bits per heavy atom. The fraction of sp³-hybridized carbons (Fsp3) is 0.200.